The average Bonchev–Trinajstić information content (AvgIpc) is 2.49. The number of ether oxygens (including phenoxy) is 1. The summed E-state index contributed by atoms with van der Waals surface area (Å²) in [6.07, 6.45) is 3.77. The lowest BCUT2D eigenvalue weighted by molar-refractivity contribution is 0.133. The maximum absolute atomic E-state index is 6.30. The molecule has 1 saturated heterocycles. The van der Waals surface area contributed by atoms with Crippen LogP contribution >= 0.6 is 23.2 Å². The summed E-state index contributed by atoms with van der Waals surface area (Å²) in [6.45, 7) is 4.58. The topological polar surface area (TPSA) is 24.5 Å². The maximum Gasteiger partial charge on any atom is 0.0587 e. The Morgan fingerprint density at radius 1 is 1.29 bits per heavy atom. The summed E-state index contributed by atoms with van der Waals surface area (Å²) in [4.78, 5) is 2.50. The Morgan fingerprint density at radius 3 is 2.76 bits per heavy atom. The number of halogens is 2. The molecule has 1 fully saturated rings. The monoisotopic (exact) mass is 330 g/mol. The van der Waals surface area contributed by atoms with Crippen LogP contribution in [0.4, 0.5) is 0 Å². The number of benzene rings is 1. The van der Waals surface area contributed by atoms with E-state index in [1.807, 2.05) is 18.2 Å². The van der Waals surface area contributed by atoms with Crippen molar-refractivity contribution in [2.24, 2.45) is 0 Å². The van der Waals surface area contributed by atoms with Gasteiger partial charge in [0.05, 0.1) is 6.61 Å². The third kappa shape index (κ3) is 5.11. The molecule has 3 nitrogen and oxygen atoms in total. The molecule has 0 bridgehead atoms. The zero-order chi connectivity index (χ0) is 15.1. The molecule has 0 amide bonds. The van der Waals surface area contributed by atoms with Gasteiger partial charge < -0.3 is 10.1 Å². The van der Waals surface area contributed by atoms with Gasteiger partial charge in [-0.3, -0.25) is 4.90 Å². The van der Waals surface area contributed by atoms with Gasteiger partial charge in [-0.25, -0.2) is 0 Å². The van der Waals surface area contributed by atoms with Crippen LogP contribution in [0.15, 0.2) is 18.2 Å². The molecule has 1 aliphatic heterocycles. The van der Waals surface area contributed by atoms with Crippen LogP contribution in [-0.2, 0) is 11.3 Å². The van der Waals surface area contributed by atoms with Crippen LogP contribution in [-0.4, -0.2) is 44.3 Å². The van der Waals surface area contributed by atoms with Gasteiger partial charge in [-0.2, -0.15) is 0 Å². The smallest absolute Gasteiger partial charge is 0.0587 e. The fourth-order valence-corrected chi connectivity index (χ4v) is 3.35. The van der Waals surface area contributed by atoms with Crippen LogP contribution in [0.1, 0.15) is 24.8 Å². The highest BCUT2D eigenvalue weighted by molar-refractivity contribution is 6.35. The Kier molecular flexibility index (Phi) is 7.27. The van der Waals surface area contributed by atoms with E-state index in [9.17, 15) is 0 Å². The van der Waals surface area contributed by atoms with E-state index in [1.165, 1.54) is 19.3 Å². The molecule has 0 spiro atoms. The molecule has 1 unspecified atom stereocenters. The van der Waals surface area contributed by atoms with Crippen LogP contribution in [0, 0.1) is 0 Å². The number of hydrogen-bond donors (Lipinski definition) is 1. The minimum atomic E-state index is 0.544. The first-order valence-corrected chi connectivity index (χ1v) is 8.34. The van der Waals surface area contributed by atoms with E-state index >= 15 is 0 Å². The molecule has 2 rings (SSSR count). The third-order valence-electron chi connectivity index (χ3n) is 4.03. The molecule has 5 heteroatoms. The van der Waals surface area contributed by atoms with Crippen molar-refractivity contribution >= 4 is 23.2 Å². The molecule has 0 aromatic heterocycles. The second-order valence-corrected chi connectivity index (χ2v) is 6.33. The van der Waals surface area contributed by atoms with Crippen molar-refractivity contribution in [1.29, 1.82) is 0 Å². The molecule has 1 N–H and O–H groups in total. The van der Waals surface area contributed by atoms with Gasteiger partial charge >= 0.3 is 0 Å². The molecule has 0 saturated carbocycles. The Morgan fingerprint density at radius 2 is 2.05 bits per heavy atom. The first-order chi connectivity index (χ1) is 10.2. The highest BCUT2D eigenvalue weighted by Gasteiger charge is 2.23. The molecular weight excluding hydrogens is 307 g/mol. The summed E-state index contributed by atoms with van der Waals surface area (Å²) < 4.78 is 5.07. The van der Waals surface area contributed by atoms with Crippen molar-refractivity contribution in [3.8, 4) is 0 Å². The Labute approximate surface area is 137 Å². The Hall–Kier alpha value is -0.320. The van der Waals surface area contributed by atoms with E-state index < -0.39 is 0 Å². The van der Waals surface area contributed by atoms with Crippen LogP contribution < -0.4 is 5.32 Å². The molecular formula is C16H24Cl2N2O. The van der Waals surface area contributed by atoms with Crippen LogP contribution in [0.2, 0.25) is 10.0 Å². The van der Waals surface area contributed by atoms with Gasteiger partial charge in [0.2, 0.25) is 0 Å². The molecule has 1 heterocycles. The van der Waals surface area contributed by atoms with Gasteiger partial charge in [-0.05, 0) is 31.5 Å². The quantitative estimate of drug-likeness (QED) is 0.773. The zero-order valence-corrected chi connectivity index (χ0v) is 14.1. The summed E-state index contributed by atoms with van der Waals surface area (Å²) in [5, 5.41) is 4.99. The number of nitrogens with zero attached hydrogens (tertiary/aromatic N) is 1. The molecule has 1 aromatic rings. The summed E-state index contributed by atoms with van der Waals surface area (Å²) in [5.41, 5.74) is 1.05. The van der Waals surface area contributed by atoms with Crippen molar-refractivity contribution in [2.45, 2.75) is 31.8 Å². The van der Waals surface area contributed by atoms with E-state index in [1.54, 1.807) is 7.11 Å². The first-order valence-electron chi connectivity index (χ1n) is 7.59. The largest absolute Gasteiger partial charge is 0.383 e. The van der Waals surface area contributed by atoms with Gasteiger partial charge in [0.25, 0.3) is 0 Å². The molecule has 21 heavy (non-hydrogen) atoms. The summed E-state index contributed by atoms with van der Waals surface area (Å²) in [7, 11) is 1.73. The number of likely N-dealkylation sites (tertiary alicyclic amines) is 1. The normalized spacial score (nSPS) is 19.9. The van der Waals surface area contributed by atoms with Crippen molar-refractivity contribution < 1.29 is 4.74 Å². The third-order valence-corrected chi connectivity index (χ3v) is 4.74. The van der Waals surface area contributed by atoms with Crippen LogP contribution in [0.3, 0.4) is 0 Å². The first kappa shape index (κ1) is 17.0. The maximum atomic E-state index is 6.30. The Bertz CT molecular complexity index is 422. The lowest BCUT2D eigenvalue weighted by Gasteiger charge is -2.36. The minimum Gasteiger partial charge on any atom is -0.383 e. The van der Waals surface area contributed by atoms with E-state index in [0.29, 0.717) is 6.04 Å². The lowest BCUT2D eigenvalue weighted by Crippen LogP contribution is -2.45. The molecule has 1 aromatic carbocycles. The number of nitrogens with one attached hydrogen (secondary N) is 1. The minimum absolute atomic E-state index is 0.544. The van der Waals surface area contributed by atoms with Crippen LogP contribution in [0.5, 0.6) is 0 Å². The van der Waals surface area contributed by atoms with Gasteiger partial charge in [0.15, 0.2) is 0 Å². The standard InChI is InChI=1S/C16H24Cl2N2O/c1-21-10-8-19-11-13-5-2-3-9-20(13)12-14-15(17)6-4-7-16(14)18/h4,6-7,13,19H,2-3,5,8-12H2,1H3. The molecule has 118 valence electrons. The van der Waals surface area contributed by atoms with Crippen molar-refractivity contribution in [2.75, 3.05) is 33.4 Å². The van der Waals surface area contributed by atoms with E-state index in [0.717, 1.165) is 48.4 Å². The molecule has 0 aliphatic carbocycles. The van der Waals surface area contributed by atoms with E-state index in [4.69, 9.17) is 27.9 Å². The molecule has 1 aliphatic rings. The van der Waals surface area contributed by atoms with Crippen LogP contribution in [0.25, 0.3) is 0 Å². The fourth-order valence-electron chi connectivity index (χ4n) is 2.83. The fraction of sp³-hybridized carbons (Fsp3) is 0.625. The number of rotatable bonds is 7. The van der Waals surface area contributed by atoms with Crippen molar-refractivity contribution in [3.63, 3.8) is 0 Å². The number of hydrogen-bond acceptors (Lipinski definition) is 3. The average molecular weight is 331 g/mol. The predicted octanol–water partition coefficient (Wildman–Crippen LogP) is 3.58. The number of piperidine rings is 1. The van der Waals surface area contributed by atoms with E-state index in [-0.39, 0.29) is 0 Å². The van der Waals surface area contributed by atoms with Crippen molar-refractivity contribution in [1.82, 2.24) is 10.2 Å². The second kappa shape index (κ2) is 8.96. The number of methoxy groups -OCH3 is 1. The van der Waals surface area contributed by atoms with Gasteiger partial charge in [0.1, 0.15) is 0 Å². The van der Waals surface area contributed by atoms with Gasteiger partial charge in [0, 0.05) is 48.4 Å². The zero-order valence-electron chi connectivity index (χ0n) is 12.6. The summed E-state index contributed by atoms with van der Waals surface area (Å²) in [6, 6.07) is 6.27. The highest BCUT2D eigenvalue weighted by atomic mass is 35.5. The van der Waals surface area contributed by atoms with E-state index in [2.05, 4.69) is 10.2 Å². The van der Waals surface area contributed by atoms with Crippen molar-refractivity contribution in [3.05, 3.63) is 33.8 Å². The van der Waals surface area contributed by atoms with Gasteiger partial charge in [-0.1, -0.05) is 35.7 Å². The summed E-state index contributed by atoms with van der Waals surface area (Å²) in [5.74, 6) is 0. The second-order valence-electron chi connectivity index (χ2n) is 5.52. The summed E-state index contributed by atoms with van der Waals surface area (Å²) >= 11 is 12.6. The lowest BCUT2D eigenvalue weighted by atomic mass is 10.0. The molecule has 1 atom stereocenters. The molecule has 0 radical (unpaired) electrons. The Balaban J connectivity index is 1.95. The van der Waals surface area contributed by atoms with Gasteiger partial charge in [-0.15, -0.1) is 0 Å². The predicted molar refractivity (Wildman–Crippen MR) is 89.3 cm³/mol. The highest BCUT2D eigenvalue weighted by Crippen LogP contribution is 2.28. The SMILES string of the molecule is COCCNCC1CCCCN1Cc1c(Cl)cccc1Cl.